The van der Waals surface area contributed by atoms with Gasteiger partial charge in [0.25, 0.3) is 0 Å². The molecule has 2 aromatic rings. The van der Waals surface area contributed by atoms with Crippen molar-refractivity contribution in [2.24, 2.45) is 0 Å². The zero-order valence-electron chi connectivity index (χ0n) is 13.1. The van der Waals surface area contributed by atoms with E-state index >= 15 is 0 Å². The molecule has 9 heteroatoms. The molecule has 0 fully saturated rings. The summed E-state index contributed by atoms with van der Waals surface area (Å²) in [6.45, 7) is 0. The quantitative estimate of drug-likeness (QED) is 0.830. The van der Waals surface area contributed by atoms with Crippen LogP contribution in [0.4, 0.5) is 18.9 Å². The van der Waals surface area contributed by atoms with Crippen LogP contribution in [-0.4, -0.2) is 26.7 Å². The minimum Gasteiger partial charge on any atom is -0.367 e. The summed E-state index contributed by atoms with van der Waals surface area (Å²) >= 11 is 1.33. The summed E-state index contributed by atoms with van der Waals surface area (Å²) in [5.41, 5.74) is -0.210. The number of aromatic nitrogens is 1. The Morgan fingerprint density at radius 3 is 2.46 bits per heavy atom. The molecule has 0 aliphatic carbocycles. The van der Waals surface area contributed by atoms with Gasteiger partial charge in [-0.15, -0.1) is 0 Å². The van der Waals surface area contributed by atoms with Crippen LogP contribution in [0, 0.1) is 0 Å². The average Bonchev–Trinajstić information content (AvgIpc) is 2.97. The van der Waals surface area contributed by atoms with Crippen LogP contribution in [0.25, 0.3) is 0 Å². The van der Waals surface area contributed by atoms with Gasteiger partial charge >= 0.3 is 6.18 Å². The van der Waals surface area contributed by atoms with Gasteiger partial charge in [0.15, 0.2) is 0 Å². The fraction of sp³-hybridized carbons (Fsp3) is 0.333. The van der Waals surface area contributed by atoms with Crippen LogP contribution < -0.4 is 4.31 Å². The molecule has 0 amide bonds. The lowest BCUT2D eigenvalue weighted by molar-refractivity contribution is -0.137. The molecule has 4 nitrogen and oxygen atoms in total. The van der Waals surface area contributed by atoms with Crippen molar-refractivity contribution >= 4 is 27.5 Å². The van der Waals surface area contributed by atoms with E-state index in [2.05, 4.69) is 4.98 Å². The third kappa shape index (κ3) is 4.47. The number of nitrogens with one attached hydrogen (secondary N) is 1. The van der Waals surface area contributed by atoms with Gasteiger partial charge in [-0.1, -0.05) is 12.1 Å². The van der Waals surface area contributed by atoms with E-state index in [4.69, 9.17) is 0 Å². The highest BCUT2D eigenvalue weighted by atomic mass is 32.2. The third-order valence-corrected chi connectivity index (χ3v) is 5.68. The van der Waals surface area contributed by atoms with Gasteiger partial charge in [-0.3, -0.25) is 4.31 Å². The molecule has 0 atom stereocenters. The lowest BCUT2D eigenvalue weighted by atomic mass is 10.1. The Morgan fingerprint density at radius 1 is 1.21 bits per heavy atom. The van der Waals surface area contributed by atoms with E-state index in [1.165, 1.54) is 30.0 Å². The first-order chi connectivity index (χ1) is 11.1. The molecule has 1 heterocycles. The van der Waals surface area contributed by atoms with E-state index in [0.717, 1.165) is 18.9 Å². The molecule has 1 N–H and O–H groups in total. The van der Waals surface area contributed by atoms with Gasteiger partial charge in [0.1, 0.15) is 0 Å². The summed E-state index contributed by atoms with van der Waals surface area (Å²) in [5.74, 6) is 0.693. The normalized spacial score (nSPS) is 12.4. The van der Waals surface area contributed by atoms with E-state index in [1.54, 1.807) is 12.4 Å². The zero-order valence-corrected chi connectivity index (χ0v) is 14.7. The van der Waals surface area contributed by atoms with Crippen LogP contribution in [0.1, 0.15) is 16.7 Å². The van der Waals surface area contributed by atoms with Crippen molar-refractivity contribution in [3.05, 3.63) is 53.3 Å². The van der Waals surface area contributed by atoms with E-state index in [1.807, 2.05) is 6.07 Å². The van der Waals surface area contributed by atoms with Crippen molar-refractivity contribution in [2.45, 2.75) is 17.7 Å². The molecular weight excluding hydrogens is 361 g/mol. The number of alkyl halides is 3. The van der Waals surface area contributed by atoms with Gasteiger partial charge in [0.05, 0.1) is 17.5 Å². The Morgan fingerprint density at radius 2 is 1.92 bits per heavy atom. The summed E-state index contributed by atoms with van der Waals surface area (Å²) in [6, 6.07) is 5.85. The fourth-order valence-electron chi connectivity index (χ4n) is 2.20. The maximum atomic E-state index is 13.5. The Labute approximate surface area is 143 Å². The van der Waals surface area contributed by atoms with Crippen LogP contribution in [0.2, 0.25) is 0 Å². The number of hydrogen-bond donors (Lipinski definition) is 1. The summed E-state index contributed by atoms with van der Waals surface area (Å²) in [6.07, 6.45) is -0.232. The largest absolute Gasteiger partial charge is 0.418 e. The van der Waals surface area contributed by atoms with Crippen molar-refractivity contribution in [3.63, 3.8) is 0 Å². The Kier molecular flexibility index (Phi) is 5.54. The molecule has 1 aromatic carbocycles. The molecule has 132 valence electrons. The summed E-state index contributed by atoms with van der Waals surface area (Å²) in [4.78, 5) is 2.89. The second-order valence-electron chi connectivity index (χ2n) is 5.25. The Bertz CT molecular complexity index is 788. The van der Waals surface area contributed by atoms with Crippen LogP contribution in [0.3, 0.4) is 0 Å². The molecule has 24 heavy (non-hydrogen) atoms. The van der Waals surface area contributed by atoms with Crippen molar-refractivity contribution in [1.82, 2.24) is 4.98 Å². The fourth-order valence-corrected chi connectivity index (χ4v) is 3.69. The molecule has 2 rings (SSSR count). The molecule has 0 unspecified atom stereocenters. The van der Waals surface area contributed by atoms with Gasteiger partial charge in [0, 0.05) is 30.9 Å². The molecule has 0 aliphatic rings. The molecule has 0 saturated carbocycles. The monoisotopic (exact) mass is 378 g/mol. The minimum absolute atomic E-state index is 0.0658. The number of aromatic amines is 1. The van der Waals surface area contributed by atoms with Crippen molar-refractivity contribution in [3.8, 4) is 0 Å². The highest BCUT2D eigenvalue weighted by Crippen LogP contribution is 2.40. The number of benzene rings is 1. The molecule has 1 aromatic heterocycles. The summed E-state index contributed by atoms with van der Waals surface area (Å²) in [7, 11) is -2.67. The molecule has 0 radical (unpaired) electrons. The van der Waals surface area contributed by atoms with Crippen molar-refractivity contribution < 1.29 is 21.6 Å². The van der Waals surface area contributed by atoms with Crippen LogP contribution in [0.15, 0.2) is 36.7 Å². The average molecular weight is 378 g/mol. The van der Waals surface area contributed by atoms with Crippen LogP contribution in [0.5, 0.6) is 0 Å². The first-order valence-electron chi connectivity index (χ1n) is 6.93. The number of anilines is 1. The number of nitrogens with zero attached hydrogens (tertiary/aromatic N) is 1. The minimum atomic E-state index is -4.64. The zero-order chi connectivity index (χ0) is 18.0. The van der Waals surface area contributed by atoms with Crippen LogP contribution >= 0.6 is 11.8 Å². The van der Waals surface area contributed by atoms with Crippen molar-refractivity contribution in [1.29, 1.82) is 0 Å². The second kappa shape index (κ2) is 7.10. The molecule has 0 saturated heterocycles. The highest BCUT2D eigenvalue weighted by Gasteiger charge is 2.38. The van der Waals surface area contributed by atoms with E-state index in [9.17, 15) is 21.6 Å². The molecule has 0 aliphatic heterocycles. The predicted molar refractivity (Wildman–Crippen MR) is 90.5 cm³/mol. The number of rotatable bonds is 6. The molecular formula is C15H17F3N2O2S2. The highest BCUT2D eigenvalue weighted by molar-refractivity contribution is 7.97. The first-order valence-corrected chi connectivity index (χ1v) is 9.93. The number of thioether (sulfide) groups is 1. The van der Waals surface area contributed by atoms with Crippen LogP contribution in [-0.2, 0) is 27.7 Å². The van der Waals surface area contributed by atoms with Gasteiger partial charge in [-0.2, -0.15) is 24.9 Å². The maximum absolute atomic E-state index is 13.5. The van der Waals surface area contributed by atoms with Gasteiger partial charge in [0.2, 0.25) is 10.0 Å². The maximum Gasteiger partial charge on any atom is 0.418 e. The Balaban J connectivity index is 2.33. The van der Waals surface area contributed by atoms with E-state index in [0.29, 0.717) is 10.1 Å². The van der Waals surface area contributed by atoms with Gasteiger partial charge < -0.3 is 4.98 Å². The molecule has 0 spiro atoms. The number of H-pyrrole nitrogens is 1. The predicted octanol–water partition coefficient (Wildman–Crippen LogP) is 3.86. The Hall–Kier alpha value is -1.61. The van der Waals surface area contributed by atoms with Gasteiger partial charge in [-0.25, -0.2) is 8.42 Å². The number of halogens is 3. The van der Waals surface area contributed by atoms with Crippen molar-refractivity contribution in [2.75, 3.05) is 17.6 Å². The first kappa shape index (κ1) is 18.7. The SMILES string of the molecule is CN(c1cccc(CSCc2cc[nH]c2)c1C(F)(F)F)S(C)(=O)=O. The standard InChI is InChI=1S/C15H17F3N2O2S2/c1-20(24(2,21)22)13-5-3-4-12(14(13)15(16,17)18)10-23-9-11-6-7-19-8-11/h3-8,19H,9-10H2,1-2H3. The summed E-state index contributed by atoms with van der Waals surface area (Å²) < 4.78 is 64.5. The second-order valence-corrected chi connectivity index (χ2v) is 8.25. The third-order valence-electron chi connectivity index (χ3n) is 3.44. The molecule has 0 bridgehead atoms. The smallest absolute Gasteiger partial charge is 0.367 e. The lowest BCUT2D eigenvalue weighted by Gasteiger charge is -2.23. The topological polar surface area (TPSA) is 53.2 Å². The number of hydrogen-bond acceptors (Lipinski definition) is 3. The number of sulfonamides is 1. The van der Waals surface area contributed by atoms with Gasteiger partial charge in [-0.05, 0) is 23.3 Å². The van der Waals surface area contributed by atoms with E-state index < -0.39 is 21.8 Å². The lowest BCUT2D eigenvalue weighted by Crippen LogP contribution is -2.28. The summed E-state index contributed by atoms with van der Waals surface area (Å²) in [5, 5.41) is 0. The van der Waals surface area contributed by atoms with E-state index in [-0.39, 0.29) is 17.0 Å².